The molecule has 2 heterocycles. The minimum Gasteiger partial charge on any atom is -0.369 e. The van der Waals surface area contributed by atoms with Crippen molar-refractivity contribution in [3.05, 3.63) is 29.6 Å². The topological polar surface area (TPSA) is 76.3 Å². The highest BCUT2D eigenvalue weighted by Crippen LogP contribution is 2.27. The van der Waals surface area contributed by atoms with Gasteiger partial charge in [-0.05, 0) is 18.6 Å². The lowest BCUT2D eigenvalue weighted by Gasteiger charge is -2.16. The molecule has 0 bridgehead atoms. The molecule has 1 aliphatic heterocycles. The van der Waals surface area contributed by atoms with Crippen LogP contribution < -0.4 is 5.73 Å². The predicted octanol–water partition coefficient (Wildman–Crippen LogP) is 0.977. The Morgan fingerprint density at radius 1 is 1.38 bits per heavy atom. The van der Waals surface area contributed by atoms with Crippen molar-refractivity contribution < 1.29 is 22.8 Å². The number of primary amides is 1. The van der Waals surface area contributed by atoms with Crippen molar-refractivity contribution in [3.8, 4) is 0 Å². The van der Waals surface area contributed by atoms with E-state index in [2.05, 4.69) is 4.98 Å². The van der Waals surface area contributed by atoms with E-state index >= 15 is 0 Å². The van der Waals surface area contributed by atoms with Crippen LogP contribution in [-0.4, -0.2) is 34.8 Å². The standard InChI is InChI=1S/C13H14F3N3O2/c14-13(15,16)10-3-1-2-9(18-10)6-11(20)19-5-4-8(7-19)12(17)21/h1-3,8H,4-7H2,(H2,17,21). The smallest absolute Gasteiger partial charge is 0.369 e. The van der Waals surface area contributed by atoms with Gasteiger partial charge < -0.3 is 10.6 Å². The van der Waals surface area contributed by atoms with E-state index in [0.717, 1.165) is 6.07 Å². The number of nitrogens with zero attached hydrogens (tertiary/aromatic N) is 2. The summed E-state index contributed by atoms with van der Waals surface area (Å²) in [5.74, 6) is -1.21. The molecular weight excluding hydrogens is 287 g/mol. The molecule has 1 atom stereocenters. The first-order chi connectivity index (χ1) is 9.77. The Hall–Kier alpha value is -2.12. The molecule has 0 aliphatic carbocycles. The van der Waals surface area contributed by atoms with Crippen LogP contribution in [0.25, 0.3) is 0 Å². The number of amides is 2. The average Bonchev–Trinajstić information content (AvgIpc) is 2.88. The highest BCUT2D eigenvalue weighted by Gasteiger charge is 2.33. The lowest BCUT2D eigenvalue weighted by molar-refractivity contribution is -0.141. The van der Waals surface area contributed by atoms with Gasteiger partial charge in [-0.3, -0.25) is 9.59 Å². The number of aromatic nitrogens is 1. The molecule has 114 valence electrons. The molecule has 2 amide bonds. The summed E-state index contributed by atoms with van der Waals surface area (Å²) in [6.45, 7) is 0.596. The minimum absolute atomic E-state index is 0.0531. The highest BCUT2D eigenvalue weighted by atomic mass is 19.4. The van der Waals surface area contributed by atoms with Crippen molar-refractivity contribution in [3.63, 3.8) is 0 Å². The van der Waals surface area contributed by atoms with Crippen LogP contribution in [0.2, 0.25) is 0 Å². The van der Waals surface area contributed by atoms with Crippen LogP contribution in [0.4, 0.5) is 13.2 Å². The molecule has 5 nitrogen and oxygen atoms in total. The Labute approximate surface area is 118 Å². The maximum atomic E-state index is 12.5. The number of hydrogen-bond acceptors (Lipinski definition) is 3. The van der Waals surface area contributed by atoms with E-state index in [1.54, 1.807) is 0 Å². The molecule has 2 N–H and O–H groups in total. The van der Waals surface area contributed by atoms with Crippen LogP contribution in [0.3, 0.4) is 0 Å². The third-order valence-electron chi connectivity index (χ3n) is 3.37. The van der Waals surface area contributed by atoms with E-state index in [9.17, 15) is 22.8 Å². The number of likely N-dealkylation sites (tertiary alicyclic amines) is 1. The van der Waals surface area contributed by atoms with E-state index in [4.69, 9.17) is 5.73 Å². The second-order valence-corrected chi connectivity index (χ2v) is 4.92. The zero-order valence-corrected chi connectivity index (χ0v) is 11.1. The second-order valence-electron chi connectivity index (χ2n) is 4.92. The molecule has 1 saturated heterocycles. The first-order valence-electron chi connectivity index (χ1n) is 6.37. The first-order valence-corrected chi connectivity index (χ1v) is 6.37. The van der Waals surface area contributed by atoms with Crippen LogP contribution >= 0.6 is 0 Å². The number of pyridine rings is 1. The van der Waals surface area contributed by atoms with Gasteiger partial charge >= 0.3 is 6.18 Å². The van der Waals surface area contributed by atoms with Crippen LogP contribution in [0.1, 0.15) is 17.8 Å². The fourth-order valence-corrected chi connectivity index (χ4v) is 2.22. The van der Waals surface area contributed by atoms with Gasteiger partial charge in [0, 0.05) is 13.1 Å². The largest absolute Gasteiger partial charge is 0.433 e. The van der Waals surface area contributed by atoms with Crippen LogP contribution in [0, 0.1) is 5.92 Å². The number of hydrogen-bond donors (Lipinski definition) is 1. The Balaban J connectivity index is 2.02. The molecule has 0 radical (unpaired) electrons. The van der Waals surface area contributed by atoms with E-state index in [1.165, 1.54) is 17.0 Å². The van der Waals surface area contributed by atoms with Crippen molar-refractivity contribution in [2.24, 2.45) is 11.7 Å². The van der Waals surface area contributed by atoms with Crippen molar-refractivity contribution in [2.75, 3.05) is 13.1 Å². The van der Waals surface area contributed by atoms with Gasteiger partial charge in [0.25, 0.3) is 0 Å². The summed E-state index contributed by atoms with van der Waals surface area (Å²) in [5.41, 5.74) is 4.20. The van der Waals surface area contributed by atoms with E-state index < -0.39 is 17.8 Å². The quantitative estimate of drug-likeness (QED) is 0.904. The van der Waals surface area contributed by atoms with Crippen molar-refractivity contribution in [2.45, 2.75) is 19.0 Å². The number of nitrogens with two attached hydrogens (primary N) is 1. The third kappa shape index (κ3) is 3.71. The SMILES string of the molecule is NC(=O)C1CCN(C(=O)Cc2cccc(C(F)(F)F)n2)C1. The maximum Gasteiger partial charge on any atom is 0.433 e. The Kier molecular flexibility index (Phi) is 4.15. The molecule has 1 aromatic heterocycles. The number of alkyl halides is 3. The molecule has 8 heteroatoms. The van der Waals surface area contributed by atoms with Gasteiger partial charge in [-0.25, -0.2) is 4.98 Å². The summed E-state index contributed by atoms with van der Waals surface area (Å²) in [5, 5.41) is 0. The second kappa shape index (κ2) is 5.71. The summed E-state index contributed by atoms with van der Waals surface area (Å²) in [4.78, 5) is 27.9. The first kappa shape index (κ1) is 15.3. The fraction of sp³-hybridized carbons (Fsp3) is 0.462. The molecular formula is C13H14F3N3O2. The molecule has 21 heavy (non-hydrogen) atoms. The fourth-order valence-electron chi connectivity index (χ4n) is 2.22. The van der Waals surface area contributed by atoms with Gasteiger partial charge in [0.05, 0.1) is 18.0 Å². The van der Waals surface area contributed by atoms with Gasteiger partial charge in [-0.2, -0.15) is 13.2 Å². The van der Waals surface area contributed by atoms with Gasteiger partial charge in [-0.15, -0.1) is 0 Å². The van der Waals surface area contributed by atoms with Crippen molar-refractivity contribution in [1.29, 1.82) is 0 Å². The van der Waals surface area contributed by atoms with Gasteiger partial charge in [0.1, 0.15) is 5.69 Å². The Morgan fingerprint density at radius 3 is 2.67 bits per heavy atom. The molecule has 1 unspecified atom stereocenters. The van der Waals surface area contributed by atoms with Gasteiger partial charge in [-0.1, -0.05) is 6.07 Å². The number of rotatable bonds is 3. The molecule has 1 aromatic rings. The minimum atomic E-state index is -4.54. The Morgan fingerprint density at radius 2 is 2.10 bits per heavy atom. The summed E-state index contributed by atoms with van der Waals surface area (Å²) < 4.78 is 37.6. The molecule has 1 aliphatic rings. The average molecular weight is 301 g/mol. The monoisotopic (exact) mass is 301 g/mol. The summed E-state index contributed by atoms with van der Waals surface area (Å²) in [7, 11) is 0. The molecule has 0 aromatic carbocycles. The Bertz CT molecular complexity index is 560. The number of halogens is 3. The third-order valence-corrected chi connectivity index (χ3v) is 3.37. The van der Waals surface area contributed by atoms with Crippen LogP contribution in [0.5, 0.6) is 0 Å². The molecule has 0 saturated carbocycles. The predicted molar refractivity (Wildman–Crippen MR) is 66.8 cm³/mol. The van der Waals surface area contributed by atoms with E-state index in [0.29, 0.717) is 13.0 Å². The van der Waals surface area contributed by atoms with Crippen LogP contribution in [0.15, 0.2) is 18.2 Å². The lowest BCUT2D eigenvalue weighted by atomic mass is 10.1. The summed E-state index contributed by atoms with van der Waals surface area (Å²) in [6, 6.07) is 3.44. The normalized spacial score (nSPS) is 18.8. The molecule has 0 spiro atoms. The number of carbonyl (C=O) groups excluding carboxylic acids is 2. The van der Waals surface area contributed by atoms with Gasteiger partial charge in [0.15, 0.2) is 0 Å². The van der Waals surface area contributed by atoms with Crippen LogP contribution in [-0.2, 0) is 22.2 Å². The lowest BCUT2D eigenvalue weighted by Crippen LogP contribution is -2.33. The zero-order chi connectivity index (χ0) is 15.6. The summed E-state index contributed by atoms with van der Waals surface area (Å²) in [6.07, 6.45) is -4.28. The molecule has 1 fully saturated rings. The van der Waals surface area contributed by atoms with Gasteiger partial charge in [0.2, 0.25) is 11.8 Å². The highest BCUT2D eigenvalue weighted by molar-refractivity contribution is 5.82. The van der Waals surface area contributed by atoms with E-state index in [-0.39, 0.29) is 30.5 Å². The van der Waals surface area contributed by atoms with Crippen molar-refractivity contribution in [1.82, 2.24) is 9.88 Å². The maximum absolute atomic E-state index is 12.5. The summed E-state index contributed by atoms with van der Waals surface area (Å²) >= 11 is 0. The van der Waals surface area contributed by atoms with E-state index in [1.807, 2.05) is 0 Å². The molecule has 2 rings (SSSR count). The zero-order valence-electron chi connectivity index (χ0n) is 11.1. The van der Waals surface area contributed by atoms with Crippen molar-refractivity contribution >= 4 is 11.8 Å². The number of carbonyl (C=O) groups is 2.